The summed E-state index contributed by atoms with van der Waals surface area (Å²) in [4.78, 5) is 4.44. The molecule has 2 heterocycles. The minimum atomic E-state index is -4.69. The van der Waals surface area contributed by atoms with Gasteiger partial charge in [-0.2, -0.15) is 0 Å². The van der Waals surface area contributed by atoms with Gasteiger partial charge >= 0.3 is 6.36 Å². The van der Waals surface area contributed by atoms with Crippen LogP contribution in [0.15, 0.2) is 79.1 Å². The topological polar surface area (TPSA) is 26.5 Å². The van der Waals surface area contributed by atoms with Crippen LogP contribution in [0.25, 0.3) is 28.0 Å². The molecular formula is C20H13F3N2O. The van der Waals surface area contributed by atoms with Crippen LogP contribution >= 0.6 is 0 Å². The quantitative estimate of drug-likeness (QED) is 0.481. The molecule has 6 heteroatoms. The van der Waals surface area contributed by atoms with Crippen LogP contribution in [-0.4, -0.2) is 15.7 Å². The Labute approximate surface area is 147 Å². The van der Waals surface area contributed by atoms with Crippen LogP contribution in [0.2, 0.25) is 0 Å². The molecule has 0 fully saturated rings. The van der Waals surface area contributed by atoms with Crippen molar-refractivity contribution in [3.63, 3.8) is 0 Å². The van der Waals surface area contributed by atoms with Crippen molar-refractivity contribution in [3.8, 4) is 28.1 Å². The average molecular weight is 354 g/mol. The number of imidazole rings is 1. The van der Waals surface area contributed by atoms with Gasteiger partial charge < -0.3 is 4.74 Å². The van der Waals surface area contributed by atoms with Gasteiger partial charge in [-0.15, -0.1) is 13.2 Å². The van der Waals surface area contributed by atoms with E-state index in [2.05, 4.69) is 9.72 Å². The SMILES string of the molecule is FC(F)(F)Oc1ccc(-c2ccn3c(-c4ccccc4)cnc3c2)cc1. The number of hydrogen-bond donors (Lipinski definition) is 0. The Kier molecular flexibility index (Phi) is 3.88. The minimum Gasteiger partial charge on any atom is -0.406 e. The van der Waals surface area contributed by atoms with Crippen LogP contribution in [0.5, 0.6) is 5.75 Å². The summed E-state index contributed by atoms with van der Waals surface area (Å²) in [6.45, 7) is 0. The van der Waals surface area contributed by atoms with Crippen molar-refractivity contribution in [1.29, 1.82) is 0 Å². The third-order valence-electron chi connectivity index (χ3n) is 4.00. The first-order valence-corrected chi connectivity index (χ1v) is 7.88. The molecule has 4 aromatic rings. The van der Waals surface area contributed by atoms with E-state index in [-0.39, 0.29) is 5.75 Å². The number of nitrogens with zero attached hydrogens (tertiary/aromatic N) is 2. The summed E-state index contributed by atoms with van der Waals surface area (Å²) in [6.07, 6.45) is -0.987. The molecule has 0 bridgehead atoms. The predicted octanol–water partition coefficient (Wildman–Crippen LogP) is 5.57. The van der Waals surface area contributed by atoms with Gasteiger partial charge in [-0.3, -0.25) is 4.40 Å². The largest absolute Gasteiger partial charge is 0.573 e. The zero-order chi connectivity index (χ0) is 18.1. The van der Waals surface area contributed by atoms with E-state index < -0.39 is 6.36 Å². The van der Waals surface area contributed by atoms with Crippen LogP contribution in [0.3, 0.4) is 0 Å². The standard InChI is InChI=1S/C20H13F3N2O/c21-20(22,23)26-17-8-6-14(7-9-17)16-10-11-25-18(13-24-19(25)12-16)15-4-2-1-3-5-15/h1-13H. The highest BCUT2D eigenvalue weighted by Gasteiger charge is 2.30. The Morgan fingerprint density at radius 1 is 0.808 bits per heavy atom. The molecule has 0 N–H and O–H groups in total. The molecule has 130 valence electrons. The number of hydrogen-bond acceptors (Lipinski definition) is 2. The maximum atomic E-state index is 12.2. The molecule has 3 nitrogen and oxygen atoms in total. The van der Waals surface area contributed by atoms with Gasteiger partial charge in [-0.1, -0.05) is 42.5 Å². The Hall–Kier alpha value is -3.28. The van der Waals surface area contributed by atoms with Gasteiger partial charge in [0.25, 0.3) is 0 Å². The molecule has 0 unspecified atom stereocenters. The summed E-state index contributed by atoms with van der Waals surface area (Å²) in [5, 5.41) is 0. The molecule has 0 spiro atoms. The first-order chi connectivity index (χ1) is 12.5. The number of halogens is 3. The van der Waals surface area contributed by atoms with Gasteiger partial charge in [0, 0.05) is 11.8 Å². The summed E-state index contributed by atoms with van der Waals surface area (Å²) in [6, 6.07) is 19.5. The predicted molar refractivity (Wildman–Crippen MR) is 92.7 cm³/mol. The Balaban J connectivity index is 1.66. The van der Waals surface area contributed by atoms with Crippen molar-refractivity contribution in [1.82, 2.24) is 9.38 Å². The minimum absolute atomic E-state index is 0.241. The number of ether oxygens (including phenoxy) is 1. The first kappa shape index (κ1) is 16.2. The van der Waals surface area contributed by atoms with Gasteiger partial charge in [-0.25, -0.2) is 4.98 Å². The Bertz CT molecular complexity index is 1040. The van der Waals surface area contributed by atoms with Crippen LogP contribution in [0.1, 0.15) is 0 Å². The highest BCUT2D eigenvalue weighted by atomic mass is 19.4. The van der Waals surface area contributed by atoms with E-state index in [4.69, 9.17) is 0 Å². The lowest BCUT2D eigenvalue weighted by atomic mass is 10.1. The zero-order valence-corrected chi connectivity index (χ0v) is 13.4. The van der Waals surface area contributed by atoms with Crippen molar-refractivity contribution >= 4 is 5.65 Å². The van der Waals surface area contributed by atoms with E-state index in [1.807, 2.05) is 53.1 Å². The fraction of sp³-hybridized carbons (Fsp3) is 0.0500. The summed E-state index contributed by atoms with van der Waals surface area (Å²) in [5.74, 6) is -0.241. The molecule has 2 aromatic carbocycles. The highest BCUT2D eigenvalue weighted by Crippen LogP contribution is 2.28. The Morgan fingerprint density at radius 2 is 1.54 bits per heavy atom. The smallest absolute Gasteiger partial charge is 0.406 e. The molecule has 0 atom stereocenters. The van der Waals surface area contributed by atoms with Crippen LogP contribution in [0, 0.1) is 0 Å². The number of benzene rings is 2. The van der Waals surface area contributed by atoms with Crippen LogP contribution < -0.4 is 4.74 Å². The summed E-state index contributed by atoms with van der Waals surface area (Å²) < 4.78 is 42.6. The lowest BCUT2D eigenvalue weighted by molar-refractivity contribution is -0.274. The van der Waals surface area contributed by atoms with Crippen LogP contribution in [0.4, 0.5) is 13.2 Å². The summed E-state index contributed by atoms with van der Waals surface area (Å²) in [5.41, 5.74) is 4.44. The van der Waals surface area contributed by atoms with E-state index >= 15 is 0 Å². The van der Waals surface area contributed by atoms with Crippen molar-refractivity contribution in [2.75, 3.05) is 0 Å². The number of alkyl halides is 3. The number of pyridine rings is 1. The van der Waals surface area contributed by atoms with Gasteiger partial charge in [0.1, 0.15) is 11.4 Å². The molecule has 0 saturated heterocycles. The number of rotatable bonds is 3. The van der Waals surface area contributed by atoms with Gasteiger partial charge in [-0.05, 0) is 35.4 Å². The maximum Gasteiger partial charge on any atom is 0.573 e. The molecule has 0 aliphatic carbocycles. The van der Waals surface area contributed by atoms with Gasteiger partial charge in [0.2, 0.25) is 0 Å². The van der Waals surface area contributed by atoms with E-state index in [9.17, 15) is 13.2 Å². The first-order valence-electron chi connectivity index (χ1n) is 7.88. The van der Waals surface area contributed by atoms with Crippen molar-refractivity contribution in [3.05, 3.63) is 79.1 Å². The molecule has 4 rings (SSSR count). The molecule has 0 amide bonds. The molecule has 0 aliphatic heterocycles. The van der Waals surface area contributed by atoms with Crippen molar-refractivity contribution in [2.45, 2.75) is 6.36 Å². The second kappa shape index (κ2) is 6.22. The fourth-order valence-corrected chi connectivity index (χ4v) is 2.83. The molecule has 26 heavy (non-hydrogen) atoms. The van der Waals surface area contributed by atoms with Crippen LogP contribution in [-0.2, 0) is 0 Å². The second-order valence-corrected chi connectivity index (χ2v) is 5.73. The van der Waals surface area contributed by atoms with Gasteiger partial charge in [0.15, 0.2) is 0 Å². The lowest BCUT2D eigenvalue weighted by Crippen LogP contribution is -2.16. The Morgan fingerprint density at radius 3 is 2.23 bits per heavy atom. The number of aromatic nitrogens is 2. The van der Waals surface area contributed by atoms with Crippen molar-refractivity contribution < 1.29 is 17.9 Å². The van der Waals surface area contributed by atoms with E-state index in [1.54, 1.807) is 18.3 Å². The molecule has 0 saturated carbocycles. The number of fused-ring (bicyclic) bond motifs is 1. The third-order valence-corrected chi connectivity index (χ3v) is 4.00. The van der Waals surface area contributed by atoms with E-state index in [0.29, 0.717) is 0 Å². The summed E-state index contributed by atoms with van der Waals surface area (Å²) >= 11 is 0. The second-order valence-electron chi connectivity index (χ2n) is 5.73. The van der Waals surface area contributed by atoms with E-state index in [0.717, 1.165) is 28.0 Å². The van der Waals surface area contributed by atoms with Crippen molar-refractivity contribution in [2.24, 2.45) is 0 Å². The fourth-order valence-electron chi connectivity index (χ4n) is 2.83. The molecule has 0 aliphatic rings. The molecule has 0 radical (unpaired) electrons. The molecule has 2 aromatic heterocycles. The third kappa shape index (κ3) is 3.26. The lowest BCUT2D eigenvalue weighted by Gasteiger charge is -2.09. The average Bonchev–Trinajstić information content (AvgIpc) is 3.05. The highest BCUT2D eigenvalue weighted by molar-refractivity contribution is 5.71. The molecular weight excluding hydrogens is 341 g/mol. The normalized spacial score (nSPS) is 11.7. The van der Waals surface area contributed by atoms with Gasteiger partial charge in [0.05, 0.1) is 11.9 Å². The zero-order valence-electron chi connectivity index (χ0n) is 13.4. The maximum absolute atomic E-state index is 12.2. The monoisotopic (exact) mass is 354 g/mol. The summed E-state index contributed by atoms with van der Waals surface area (Å²) in [7, 11) is 0. The van der Waals surface area contributed by atoms with E-state index in [1.165, 1.54) is 12.1 Å².